The largest absolute Gasteiger partial charge is 0.480 e. The molecule has 0 aliphatic carbocycles. The summed E-state index contributed by atoms with van der Waals surface area (Å²) in [4.78, 5) is 23.7. The quantitative estimate of drug-likeness (QED) is 0.625. The van der Waals surface area contributed by atoms with Crippen molar-refractivity contribution in [3.8, 4) is 0 Å². The SMILES string of the molecule is CC(C)=CCSc1ccccc1C(=O)N[C@@H](C)C(=O)O. The Morgan fingerprint density at radius 2 is 2.00 bits per heavy atom. The smallest absolute Gasteiger partial charge is 0.325 e. The maximum Gasteiger partial charge on any atom is 0.325 e. The number of hydrogen-bond acceptors (Lipinski definition) is 3. The normalized spacial score (nSPS) is 11.6. The van der Waals surface area contributed by atoms with Gasteiger partial charge in [0, 0.05) is 10.6 Å². The number of carbonyl (C=O) groups is 2. The highest BCUT2D eigenvalue weighted by Gasteiger charge is 2.17. The van der Waals surface area contributed by atoms with Crippen LogP contribution in [0.15, 0.2) is 40.8 Å². The lowest BCUT2D eigenvalue weighted by Gasteiger charge is -2.12. The number of aliphatic carboxylic acids is 1. The first-order valence-corrected chi connectivity index (χ1v) is 7.29. The summed E-state index contributed by atoms with van der Waals surface area (Å²) in [5.74, 6) is -0.630. The average molecular weight is 293 g/mol. The van der Waals surface area contributed by atoms with Crippen molar-refractivity contribution in [3.05, 3.63) is 41.5 Å². The summed E-state index contributed by atoms with van der Waals surface area (Å²) in [6.07, 6.45) is 2.08. The number of rotatable bonds is 6. The Morgan fingerprint density at radius 1 is 1.35 bits per heavy atom. The standard InChI is InChI=1S/C15H19NO3S/c1-10(2)8-9-20-13-7-5-4-6-12(13)14(17)16-11(3)15(18)19/h4-8,11H,9H2,1-3H3,(H,16,17)(H,18,19)/t11-/m0/s1. The summed E-state index contributed by atoms with van der Waals surface area (Å²) in [6, 6.07) is 6.30. The van der Waals surface area contributed by atoms with Gasteiger partial charge in [0.05, 0.1) is 5.56 Å². The summed E-state index contributed by atoms with van der Waals surface area (Å²) in [5, 5.41) is 11.3. The van der Waals surface area contributed by atoms with E-state index in [2.05, 4.69) is 11.4 Å². The van der Waals surface area contributed by atoms with E-state index in [4.69, 9.17) is 5.11 Å². The molecule has 5 heteroatoms. The summed E-state index contributed by atoms with van der Waals surface area (Å²) in [6.45, 7) is 5.49. The number of carbonyl (C=O) groups excluding carboxylic acids is 1. The predicted octanol–water partition coefficient (Wildman–Crippen LogP) is 2.95. The Balaban J connectivity index is 2.81. The second-order valence-corrected chi connectivity index (χ2v) is 5.68. The maximum absolute atomic E-state index is 12.1. The van der Waals surface area contributed by atoms with Crippen molar-refractivity contribution in [2.24, 2.45) is 0 Å². The molecule has 2 N–H and O–H groups in total. The minimum atomic E-state index is -1.05. The van der Waals surface area contributed by atoms with Crippen molar-refractivity contribution in [3.63, 3.8) is 0 Å². The number of hydrogen-bond donors (Lipinski definition) is 2. The van der Waals surface area contributed by atoms with Crippen molar-refractivity contribution in [1.29, 1.82) is 0 Å². The summed E-state index contributed by atoms with van der Waals surface area (Å²) >= 11 is 1.55. The Hall–Kier alpha value is -1.75. The van der Waals surface area contributed by atoms with Gasteiger partial charge in [0.15, 0.2) is 0 Å². The molecule has 0 saturated heterocycles. The highest BCUT2D eigenvalue weighted by molar-refractivity contribution is 7.99. The van der Waals surface area contributed by atoms with Gasteiger partial charge < -0.3 is 10.4 Å². The molecule has 1 rings (SSSR count). The molecule has 0 unspecified atom stereocenters. The Morgan fingerprint density at radius 3 is 2.60 bits per heavy atom. The maximum atomic E-state index is 12.1. The molecule has 0 aliphatic rings. The fourth-order valence-corrected chi connectivity index (χ4v) is 2.50. The zero-order chi connectivity index (χ0) is 15.1. The van der Waals surface area contributed by atoms with E-state index in [1.165, 1.54) is 12.5 Å². The summed E-state index contributed by atoms with van der Waals surface area (Å²) in [7, 11) is 0. The molecule has 20 heavy (non-hydrogen) atoms. The second kappa shape index (κ2) is 7.75. The highest BCUT2D eigenvalue weighted by Crippen LogP contribution is 2.23. The number of thioether (sulfide) groups is 1. The van der Waals surface area contributed by atoms with Crippen LogP contribution >= 0.6 is 11.8 Å². The van der Waals surface area contributed by atoms with Crippen LogP contribution in [-0.4, -0.2) is 28.8 Å². The zero-order valence-corrected chi connectivity index (χ0v) is 12.7. The fourth-order valence-electron chi connectivity index (χ4n) is 1.41. The third-order valence-corrected chi connectivity index (χ3v) is 3.58. The lowest BCUT2D eigenvalue weighted by atomic mass is 10.2. The molecule has 0 spiro atoms. The van der Waals surface area contributed by atoms with E-state index in [-0.39, 0.29) is 5.91 Å². The first-order chi connectivity index (χ1) is 9.41. The van der Waals surface area contributed by atoms with Crippen LogP contribution in [0, 0.1) is 0 Å². The number of allylic oxidation sites excluding steroid dienone is 1. The van der Waals surface area contributed by atoms with Crippen molar-refractivity contribution >= 4 is 23.6 Å². The van der Waals surface area contributed by atoms with E-state index in [0.29, 0.717) is 5.56 Å². The van der Waals surface area contributed by atoms with Gasteiger partial charge in [-0.15, -0.1) is 11.8 Å². The average Bonchev–Trinajstić information content (AvgIpc) is 2.38. The molecule has 108 valence electrons. The number of carboxylic acid groups (broad SMARTS) is 1. The van der Waals surface area contributed by atoms with Crippen molar-refractivity contribution in [1.82, 2.24) is 5.32 Å². The summed E-state index contributed by atoms with van der Waals surface area (Å²) in [5.41, 5.74) is 1.73. The van der Waals surface area contributed by atoms with Gasteiger partial charge in [-0.1, -0.05) is 23.8 Å². The Bertz CT molecular complexity index is 522. The van der Waals surface area contributed by atoms with Gasteiger partial charge >= 0.3 is 5.97 Å². The predicted molar refractivity (Wildman–Crippen MR) is 81.2 cm³/mol. The fraction of sp³-hybridized carbons (Fsp3) is 0.333. The minimum Gasteiger partial charge on any atom is -0.480 e. The van der Waals surface area contributed by atoms with Gasteiger partial charge in [0.25, 0.3) is 5.91 Å². The molecule has 0 bridgehead atoms. The van der Waals surface area contributed by atoms with E-state index >= 15 is 0 Å². The first-order valence-electron chi connectivity index (χ1n) is 6.30. The number of amides is 1. The van der Waals surface area contributed by atoms with E-state index in [1.54, 1.807) is 23.9 Å². The lowest BCUT2D eigenvalue weighted by Crippen LogP contribution is -2.38. The third-order valence-electron chi connectivity index (χ3n) is 2.58. The van der Waals surface area contributed by atoms with Gasteiger partial charge in [0.1, 0.15) is 6.04 Å². The molecule has 0 heterocycles. The van der Waals surface area contributed by atoms with Crippen LogP contribution in [0.1, 0.15) is 31.1 Å². The van der Waals surface area contributed by atoms with Crippen LogP contribution < -0.4 is 5.32 Å². The number of benzene rings is 1. The topological polar surface area (TPSA) is 66.4 Å². The molecular formula is C15H19NO3S. The molecular weight excluding hydrogens is 274 g/mol. The minimum absolute atomic E-state index is 0.361. The lowest BCUT2D eigenvalue weighted by molar-refractivity contribution is -0.138. The molecule has 1 aromatic carbocycles. The molecule has 0 aliphatic heterocycles. The molecule has 1 aromatic rings. The van der Waals surface area contributed by atoms with Gasteiger partial charge in [-0.3, -0.25) is 9.59 Å². The van der Waals surface area contributed by atoms with Crippen LogP contribution in [0.2, 0.25) is 0 Å². The van der Waals surface area contributed by atoms with E-state index in [9.17, 15) is 9.59 Å². The van der Waals surface area contributed by atoms with E-state index in [1.807, 2.05) is 26.0 Å². The van der Waals surface area contributed by atoms with Crippen LogP contribution in [-0.2, 0) is 4.79 Å². The molecule has 4 nitrogen and oxygen atoms in total. The van der Waals surface area contributed by atoms with Crippen LogP contribution in [0.5, 0.6) is 0 Å². The zero-order valence-electron chi connectivity index (χ0n) is 11.8. The van der Waals surface area contributed by atoms with Gasteiger partial charge in [-0.05, 0) is 32.9 Å². The van der Waals surface area contributed by atoms with Crippen LogP contribution in [0.25, 0.3) is 0 Å². The molecule has 0 saturated carbocycles. The number of nitrogens with one attached hydrogen (secondary N) is 1. The third kappa shape index (κ3) is 5.09. The van der Waals surface area contributed by atoms with Gasteiger partial charge in [-0.25, -0.2) is 0 Å². The van der Waals surface area contributed by atoms with Crippen LogP contribution in [0.3, 0.4) is 0 Å². The molecule has 0 radical (unpaired) electrons. The number of carboxylic acids is 1. The van der Waals surface area contributed by atoms with Crippen LogP contribution in [0.4, 0.5) is 0 Å². The summed E-state index contributed by atoms with van der Waals surface area (Å²) < 4.78 is 0. The van der Waals surface area contributed by atoms with E-state index < -0.39 is 12.0 Å². The molecule has 1 amide bonds. The monoisotopic (exact) mass is 293 g/mol. The Labute approximate surface area is 123 Å². The van der Waals surface area contributed by atoms with Gasteiger partial charge in [0.2, 0.25) is 0 Å². The molecule has 1 atom stereocenters. The van der Waals surface area contributed by atoms with Crippen molar-refractivity contribution in [2.75, 3.05) is 5.75 Å². The van der Waals surface area contributed by atoms with E-state index in [0.717, 1.165) is 10.6 Å². The molecule has 0 aromatic heterocycles. The highest BCUT2D eigenvalue weighted by atomic mass is 32.2. The second-order valence-electron chi connectivity index (χ2n) is 4.62. The first kappa shape index (κ1) is 16.3. The molecule has 0 fully saturated rings. The van der Waals surface area contributed by atoms with Crippen molar-refractivity contribution < 1.29 is 14.7 Å². The Kier molecular flexibility index (Phi) is 6.31. The van der Waals surface area contributed by atoms with Gasteiger partial charge in [-0.2, -0.15) is 0 Å². The van der Waals surface area contributed by atoms with Crippen molar-refractivity contribution in [2.45, 2.75) is 31.7 Å².